The molecule has 2 aliphatic rings. The van der Waals surface area contributed by atoms with E-state index in [1.807, 2.05) is 0 Å². The number of nitrogens with one attached hydrogen (secondary N) is 1. The highest BCUT2D eigenvalue weighted by molar-refractivity contribution is 7.93. The lowest BCUT2D eigenvalue weighted by molar-refractivity contribution is 0.0950. The molecule has 1 N–H and O–H groups in total. The van der Waals surface area contributed by atoms with Gasteiger partial charge in [-0.15, -0.1) is 10.2 Å². The molecule has 0 aromatic carbocycles. The molecule has 3 heterocycles. The first-order chi connectivity index (χ1) is 17.2. The molecule has 15 heteroatoms. The Bertz CT molecular complexity index is 1360. The van der Waals surface area contributed by atoms with Crippen molar-refractivity contribution in [2.24, 2.45) is 5.41 Å². The Kier molecular flexibility index (Phi) is 6.21. The average Bonchev–Trinajstić information content (AvgIpc) is 3.77. The van der Waals surface area contributed by atoms with Crippen LogP contribution in [0.3, 0.4) is 0 Å². The highest BCUT2D eigenvalue weighted by Gasteiger charge is 2.65. The van der Waals surface area contributed by atoms with Gasteiger partial charge in [-0.25, -0.2) is 18.4 Å². The van der Waals surface area contributed by atoms with Crippen molar-refractivity contribution in [3.05, 3.63) is 35.4 Å². The molecular formula is C21H25ClN8O5S. The number of sulfonamides is 1. The summed E-state index contributed by atoms with van der Waals surface area (Å²) in [7, 11) is 0.201. The number of methoxy groups -OCH3 is 3. The van der Waals surface area contributed by atoms with Gasteiger partial charge in [0.15, 0.2) is 11.5 Å². The maximum atomic E-state index is 13.5. The van der Waals surface area contributed by atoms with Crippen LogP contribution < -0.4 is 14.2 Å². The van der Waals surface area contributed by atoms with Crippen LogP contribution in [0.15, 0.2) is 18.7 Å². The Morgan fingerprint density at radius 3 is 2.25 bits per heavy atom. The molecule has 3 atom stereocenters. The first-order valence-electron chi connectivity index (χ1n) is 11.1. The number of halogens is 1. The Hall–Kier alpha value is -3.10. The van der Waals surface area contributed by atoms with Crippen LogP contribution in [-0.4, -0.2) is 69.7 Å². The van der Waals surface area contributed by atoms with E-state index in [1.165, 1.54) is 47.0 Å². The van der Waals surface area contributed by atoms with E-state index in [-0.39, 0.29) is 34.9 Å². The standard InChI is InChI=1S/C21H25ClN8O5S/c1-11(15(33-2)16-23-8-12(22)9-24-16)36(31,32)29-20-28-27-17(13-7-21(13)5-6-21)30(20)14-18(34-3)25-10-26-19(14)35-4/h8-11,13,15H,5-7H2,1-4H3,(H,28,29)/t11?,13-,15?/m1/s1. The van der Waals surface area contributed by atoms with Gasteiger partial charge in [0.1, 0.15) is 23.5 Å². The lowest BCUT2D eigenvalue weighted by atomic mass is 10.2. The van der Waals surface area contributed by atoms with Crippen LogP contribution in [0.5, 0.6) is 11.8 Å². The summed E-state index contributed by atoms with van der Waals surface area (Å²) in [6.45, 7) is 1.49. The van der Waals surface area contributed by atoms with E-state index >= 15 is 0 Å². The molecule has 2 fully saturated rings. The Labute approximate surface area is 212 Å². The van der Waals surface area contributed by atoms with Crippen LogP contribution in [0.1, 0.15) is 49.9 Å². The normalized spacial score (nSPS) is 19.5. The molecule has 0 saturated heterocycles. The zero-order valence-electron chi connectivity index (χ0n) is 20.0. The molecule has 0 bridgehead atoms. The number of nitrogens with zero attached hydrogens (tertiary/aromatic N) is 7. The SMILES string of the molecule is COc1ncnc(OC)c1-n1c(NS(=O)(=O)C(C)C(OC)c2ncc(Cl)cn2)nnc1[C@H]1CC12CC2. The molecule has 2 saturated carbocycles. The predicted octanol–water partition coefficient (Wildman–Crippen LogP) is 2.30. The molecule has 3 aromatic heterocycles. The zero-order chi connectivity index (χ0) is 25.7. The summed E-state index contributed by atoms with van der Waals surface area (Å²) in [5, 5.41) is 7.78. The average molecular weight is 537 g/mol. The third-order valence-corrected chi connectivity index (χ3v) is 8.63. The minimum absolute atomic E-state index is 0.0437. The predicted molar refractivity (Wildman–Crippen MR) is 128 cm³/mol. The first-order valence-corrected chi connectivity index (χ1v) is 13.1. The van der Waals surface area contributed by atoms with E-state index in [9.17, 15) is 8.42 Å². The monoisotopic (exact) mass is 536 g/mol. The number of hydrogen-bond acceptors (Lipinski definition) is 11. The molecule has 5 rings (SSSR count). The summed E-state index contributed by atoms with van der Waals surface area (Å²) < 4.78 is 47.5. The number of anilines is 1. The van der Waals surface area contributed by atoms with Crippen molar-refractivity contribution in [2.45, 2.75) is 43.5 Å². The van der Waals surface area contributed by atoms with E-state index < -0.39 is 21.4 Å². The molecule has 0 aliphatic heterocycles. The fourth-order valence-corrected chi connectivity index (χ4v) is 5.66. The highest BCUT2D eigenvalue weighted by Crippen LogP contribution is 2.74. The molecule has 2 unspecified atom stereocenters. The van der Waals surface area contributed by atoms with Gasteiger partial charge < -0.3 is 14.2 Å². The van der Waals surface area contributed by atoms with Gasteiger partial charge in [0, 0.05) is 25.4 Å². The van der Waals surface area contributed by atoms with Crippen molar-refractivity contribution >= 4 is 27.6 Å². The fourth-order valence-electron chi connectivity index (χ4n) is 4.43. The molecular weight excluding hydrogens is 512 g/mol. The van der Waals surface area contributed by atoms with Gasteiger partial charge in [-0.1, -0.05) is 11.6 Å². The number of ether oxygens (including phenoxy) is 3. The molecule has 1 spiro atoms. The fraction of sp³-hybridized carbons (Fsp3) is 0.524. The summed E-state index contributed by atoms with van der Waals surface area (Å²) in [5.74, 6) is 1.23. The Morgan fingerprint density at radius 1 is 1.08 bits per heavy atom. The summed E-state index contributed by atoms with van der Waals surface area (Å²) in [6, 6.07) is 0. The van der Waals surface area contributed by atoms with Crippen LogP contribution in [0.4, 0.5) is 5.95 Å². The molecule has 13 nitrogen and oxygen atoms in total. The van der Waals surface area contributed by atoms with Gasteiger partial charge in [0.05, 0.1) is 19.2 Å². The van der Waals surface area contributed by atoms with Gasteiger partial charge in [-0.05, 0) is 31.6 Å². The third-order valence-electron chi connectivity index (χ3n) is 6.75. The van der Waals surface area contributed by atoms with Crippen molar-refractivity contribution in [3.63, 3.8) is 0 Å². The Balaban J connectivity index is 1.55. The minimum atomic E-state index is -4.09. The number of rotatable bonds is 10. The first kappa shape index (κ1) is 24.6. The summed E-state index contributed by atoms with van der Waals surface area (Å²) >= 11 is 5.87. The molecule has 36 heavy (non-hydrogen) atoms. The van der Waals surface area contributed by atoms with Crippen molar-refractivity contribution in [1.29, 1.82) is 0 Å². The van der Waals surface area contributed by atoms with Gasteiger partial charge in [0.2, 0.25) is 27.7 Å². The van der Waals surface area contributed by atoms with Gasteiger partial charge in [0.25, 0.3) is 0 Å². The van der Waals surface area contributed by atoms with Crippen LogP contribution in [-0.2, 0) is 14.8 Å². The number of hydrogen-bond donors (Lipinski definition) is 1. The van der Waals surface area contributed by atoms with Crippen LogP contribution >= 0.6 is 11.6 Å². The lowest BCUT2D eigenvalue weighted by Crippen LogP contribution is -2.33. The maximum Gasteiger partial charge on any atom is 0.245 e. The van der Waals surface area contributed by atoms with Crippen molar-refractivity contribution < 1.29 is 22.6 Å². The summed E-state index contributed by atoms with van der Waals surface area (Å²) in [6.07, 6.45) is 6.22. The smallest absolute Gasteiger partial charge is 0.245 e. The Morgan fingerprint density at radius 2 is 1.72 bits per heavy atom. The molecule has 0 amide bonds. The van der Waals surface area contributed by atoms with Crippen LogP contribution in [0, 0.1) is 5.41 Å². The van der Waals surface area contributed by atoms with Gasteiger partial charge in [-0.3, -0.25) is 9.29 Å². The van der Waals surface area contributed by atoms with Crippen LogP contribution in [0.25, 0.3) is 5.69 Å². The minimum Gasteiger partial charge on any atom is -0.479 e. The topological polar surface area (TPSA) is 156 Å². The molecule has 0 radical (unpaired) electrons. The maximum absolute atomic E-state index is 13.5. The lowest BCUT2D eigenvalue weighted by Gasteiger charge is -2.22. The number of aromatic nitrogens is 7. The van der Waals surface area contributed by atoms with Gasteiger partial charge >= 0.3 is 0 Å². The molecule has 192 valence electrons. The largest absolute Gasteiger partial charge is 0.479 e. The van der Waals surface area contributed by atoms with E-state index in [4.69, 9.17) is 25.8 Å². The third kappa shape index (κ3) is 4.22. The second-order valence-corrected chi connectivity index (χ2v) is 11.3. The second-order valence-electron chi connectivity index (χ2n) is 8.85. The van der Waals surface area contributed by atoms with Crippen LogP contribution in [0.2, 0.25) is 5.02 Å². The quantitative estimate of drug-likeness (QED) is 0.405. The van der Waals surface area contributed by atoms with Crippen molar-refractivity contribution in [3.8, 4) is 17.4 Å². The van der Waals surface area contributed by atoms with Crippen molar-refractivity contribution in [2.75, 3.05) is 26.1 Å². The van der Waals surface area contributed by atoms with E-state index in [0.717, 1.165) is 19.3 Å². The van der Waals surface area contributed by atoms with E-state index in [2.05, 4.69) is 34.9 Å². The molecule has 2 aliphatic carbocycles. The van der Waals surface area contributed by atoms with Gasteiger partial charge in [-0.2, -0.15) is 9.97 Å². The highest BCUT2D eigenvalue weighted by atomic mass is 35.5. The second kappa shape index (κ2) is 9.09. The zero-order valence-corrected chi connectivity index (χ0v) is 21.6. The van der Waals surface area contributed by atoms with Crippen molar-refractivity contribution in [1.82, 2.24) is 34.7 Å². The van der Waals surface area contributed by atoms with E-state index in [0.29, 0.717) is 16.5 Å². The summed E-state index contributed by atoms with van der Waals surface area (Å²) in [4.78, 5) is 16.6. The summed E-state index contributed by atoms with van der Waals surface area (Å²) in [5.41, 5.74) is 0.511. The molecule has 3 aromatic rings. The van der Waals surface area contributed by atoms with E-state index in [1.54, 1.807) is 4.57 Å².